The lowest BCUT2D eigenvalue weighted by atomic mass is 10.1. The number of aliphatic carboxylic acids is 3. The molecule has 3 amide bonds. The van der Waals surface area contributed by atoms with Crippen molar-refractivity contribution in [2.24, 2.45) is 5.73 Å². The monoisotopic (exact) mass is 436 g/mol. The third kappa shape index (κ3) is 9.26. The number of rotatable bonds is 13. The Morgan fingerprint density at radius 1 is 0.800 bits per heavy atom. The minimum atomic E-state index is -1.87. The first-order chi connectivity index (χ1) is 13.8. The summed E-state index contributed by atoms with van der Waals surface area (Å²) in [6.45, 7) is 0.236. The normalized spacial score (nSPS) is 15.6. The third-order valence-corrected chi connectivity index (χ3v) is 3.60. The first kappa shape index (κ1) is 26.7. The molecule has 0 saturated carbocycles. The van der Waals surface area contributed by atoms with Crippen LogP contribution in [0.25, 0.3) is 0 Å². The summed E-state index contributed by atoms with van der Waals surface area (Å²) in [5.41, 5.74) is 5.26. The second-order valence-electron chi connectivity index (χ2n) is 6.17. The van der Waals surface area contributed by atoms with Crippen molar-refractivity contribution >= 4 is 35.6 Å². The zero-order valence-corrected chi connectivity index (χ0v) is 15.8. The van der Waals surface area contributed by atoms with Crippen molar-refractivity contribution in [3.8, 4) is 0 Å². The average molecular weight is 436 g/mol. The van der Waals surface area contributed by atoms with Crippen LogP contribution in [-0.2, 0) is 28.8 Å². The molecule has 0 radical (unpaired) electrons. The quantitative estimate of drug-likeness (QED) is 0.132. The van der Waals surface area contributed by atoms with Crippen LogP contribution < -0.4 is 21.7 Å². The molecular weight excluding hydrogens is 412 g/mol. The van der Waals surface area contributed by atoms with Gasteiger partial charge in [-0.15, -0.1) is 0 Å². The maximum absolute atomic E-state index is 12.3. The Morgan fingerprint density at radius 2 is 1.20 bits per heavy atom. The molecule has 5 unspecified atom stereocenters. The van der Waals surface area contributed by atoms with E-state index < -0.39 is 85.3 Å². The van der Waals surface area contributed by atoms with Crippen LogP contribution in [0, 0.1) is 0 Å². The summed E-state index contributed by atoms with van der Waals surface area (Å²) in [7, 11) is 0. The highest BCUT2D eigenvalue weighted by molar-refractivity contribution is 5.96. The van der Waals surface area contributed by atoms with Gasteiger partial charge in [0.05, 0.1) is 25.6 Å². The molecule has 0 fully saturated rings. The first-order valence-electron chi connectivity index (χ1n) is 8.42. The predicted molar refractivity (Wildman–Crippen MR) is 94.7 cm³/mol. The Kier molecular flexibility index (Phi) is 10.9. The van der Waals surface area contributed by atoms with E-state index in [1.165, 1.54) is 0 Å². The van der Waals surface area contributed by atoms with E-state index in [0.717, 1.165) is 6.92 Å². The van der Waals surface area contributed by atoms with Gasteiger partial charge in [-0.3, -0.25) is 24.0 Å². The second kappa shape index (κ2) is 12.3. The number of hydrogen-bond acceptors (Lipinski definition) is 9. The van der Waals surface area contributed by atoms with Crippen LogP contribution in [-0.4, -0.2) is 98.0 Å². The van der Waals surface area contributed by atoms with Crippen LogP contribution in [0.5, 0.6) is 0 Å². The van der Waals surface area contributed by atoms with Crippen LogP contribution in [0.3, 0.4) is 0 Å². The topological polar surface area (TPSA) is 266 Å². The molecule has 0 saturated heterocycles. The molecule has 0 aromatic heterocycles. The van der Waals surface area contributed by atoms with Gasteiger partial charge in [0.2, 0.25) is 17.7 Å². The summed E-state index contributed by atoms with van der Waals surface area (Å²) in [6.07, 6.45) is -3.55. The number of carbonyl (C=O) groups is 6. The van der Waals surface area contributed by atoms with Gasteiger partial charge in [-0.1, -0.05) is 0 Å². The van der Waals surface area contributed by atoms with Crippen molar-refractivity contribution < 1.29 is 54.3 Å². The Bertz CT molecular complexity index is 681. The largest absolute Gasteiger partial charge is 0.481 e. The Balaban J connectivity index is 5.51. The van der Waals surface area contributed by atoms with E-state index in [1.54, 1.807) is 0 Å². The second-order valence-corrected chi connectivity index (χ2v) is 6.17. The molecule has 0 rings (SSSR count). The number of carboxylic acid groups (broad SMARTS) is 3. The Morgan fingerprint density at radius 3 is 1.53 bits per heavy atom. The van der Waals surface area contributed by atoms with Crippen molar-refractivity contribution in [3.63, 3.8) is 0 Å². The van der Waals surface area contributed by atoms with E-state index in [4.69, 9.17) is 26.2 Å². The number of hydrogen-bond donors (Lipinski definition) is 9. The molecule has 0 aliphatic heterocycles. The standard InChI is InChI=1S/C15H24N4O11/c1-5(21)11(15(29)30)19-14(28)8(3-10(24)25)18-13(27)7(2-9(22)23)17-12(26)6(16)4-20/h5-8,11,20-21H,2-4,16H2,1H3,(H,17,26)(H,18,27)(H,19,28)(H,22,23)(H,24,25)(H,29,30). The molecule has 0 spiro atoms. The summed E-state index contributed by atoms with van der Waals surface area (Å²) in [5.74, 6) is -8.38. The fourth-order valence-electron chi connectivity index (χ4n) is 2.04. The summed E-state index contributed by atoms with van der Waals surface area (Å²) >= 11 is 0. The van der Waals surface area contributed by atoms with Gasteiger partial charge in [-0.25, -0.2) is 4.79 Å². The number of amides is 3. The average Bonchev–Trinajstić information content (AvgIpc) is 2.62. The lowest BCUT2D eigenvalue weighted by molar-refractivity contribution is -0.146. The van der Waals surface area contributed by atoms with Gasteiger partial charge in [0.25, 0.3) is 0 Å². The zero-order chi connectivity index (χ0) is 23.6. The van der Waals surface area contributed by atoms with E-state index >= 15 is 0 Å². The molecule has 5 atom stereocenters. The van der Waals surface area contributed by atoms with Crippen LogP contribution >= 0.6 is 0 Å². The molecule has 15 nitrogen and oxygen atoms in total. The number of nitrogens with two attached hydrogens (primary N) is 1. The van der Waals surface area contributed by atoms with Gasteiger partial charge >= 0.3 is 17.9 Å². The van der Waals surface area contributed by atoms with E-state index in [1.807, 2.05) is 16.0 Å². The van der Waals surface area contributed by atoms with Crippen molar-refractivity contribution in [2.75, 3.05) is 6.61 Å². The lowest BCUT2D eigenvalue weighted by Crippen LogP contribution is -2.59. The summed E-state index contributed by atoms with van der Waals surface area (Å²) in [6, 6.07) is -6.95. The molecule has 0 bridgehead atoms. The Labute approximate surface area is 169 Å². The molecule has 10 N–H and O–H groups in total. The van der Waals surface area contributed by atoms with Gasteiger partial charge in [-0.2, -0.15) is 0 Å². The van der Waals surface area contributed by atoms with E-state index in [-0.39, 0.29) is 0 Å². The van der Waals surface area contributed by atoms with Crippen LogP contribution in [0.2, 0.25) is 0 Å². The molecule has 0 aromatic carbocycles. The van der Waals surface area contributed by atoms with E-state index in [0.29, 0.717) is 0 Å². The molecule has 0 aromatic rings. The maximum Gasteiger partial charge on any atom is 0.328 e. The van der Waals surface area contributed by atoms with Crippen LogP contribution in [0.15, 0.2) is 0 Å². The summed E-state index contributed by atoms with van der Waals surface area (Å²) in [4.78, 5) is 69.3. The van der Waals surface area contributed by atoms with Gasteiger partial charge in [-0.05, 0) is 6.92 Å². The van der Waals surface area contributed by atoms with Crippen molar-refractivity contribution in [3.05, 3.63) is 0 Å². The fourth-order valence-corrected chi connectivity index (χ4v) is 2.04. The lowest BCUT2D eigenvalue weighted by Gasteiger charge is -2.24. The van der Waals surface area contributed by atoms with Gasteiger partial charge in [0.15, 0.2) is 6.04 Å². The van der Waals surface area contributed by atoms with Crippen molar-refractivity contribution in [2.45, 2.75) is 50.0 Å². The molecule has 0 aliphatic carbocycles. The number of aliphatic hydroxyl groups excluding tert-OH is 2. The molecular formula is C15H24N4O11. The molecule has 170 valence electrons. The molecule has 0 heterocycles. The number of nitrogens with one attached hydrogen (secondary N) is 3. The summed E-state index contributed by atoms with van der Waals surface area (Å²) < 4.78 is 0. The molecule has 30 heavy (non-hydrogen) atoms. The predicted octanol–water partition coefficient (Wildman–Crippen LogP) is -4.82. The third-order valence-electron chi connectivity index (χ3n) is 3.60. The minimum Gasteiger partial charge on any atom is -0.481 e. The van der Waals surface area contributed by atoms with Crippen LogP contribution in [0.1, 0.15) is 19.8 Å². The van der Waals surface area contributed by atoms with Gasteiger partial charge in [0, 0.05) is 0 Å². The van der Waals surface area contributed by atoms with E-state index in [9.17, 15) is 33.9 Å². The highest BCUT2D eigenvalue weighted by Gasteiger charge is 2.33. The minimum absolute atomic E-state index is 0.812. The van der Waals surface area contributed by atoms with Crippen molar-refractivity contribution in [1.82, 2.24) is 16.0 Å². The van der Waals surface area contributed by atoms with Crippen LogP contribution in [0.4, 0.5) is 0 Å². The Hall–Kier alpha value is -3.30. The van der Waals surface area contributed by atoms with Gasteiger partial charge in [0.1, 0.15) is 18.1 Å². The van der Waals surface area contributed by atoms with Gasteiger partial charge < -0.3 is 47.2 Å². The number of carboxylic acids is 3. The highest BCUT2D eigenvalue weighted by atomic mass is 16.4. The molecule has 15 heteroatoms. The first-order valence-corrected chi connectivity index (χ1v) is 8.42. The smallest absolute Gasteiger partial charge is 0.328 e. The number of aliphatic hydroxyl groups is 2. The fraction of sp³-hybridized carbons (Fsp3) is 0.600. The van der Waals surface area contributed by atoms with Crippen molar-refractivity contribution in [1.29, 1.82) is 0 Å². The number of carbonyl (C=O) groups excluding carboxylic acids is 3. The highest BCUT2D eigenvalue weighted by Crippen LogP contribution is 2.01. The summed E-state index contributed by atoms with van der Waals surface area (Å²) in [5, 5.41) is 50.7. The maximum atomic E-state index is 12.3. The molecule has 0 aliphatic rings. The SMILES string of the molecule is CC(O)C(NC(=O)C(CC(=O)O)NC(=O)C(CC(=O)O)NC(=O)C(N)CO)C(=O)O. The zero-order valence-electron chi connectivity index (χ0n) is 15.8. The van der Waals surface area contributed by atoms with E-state index in [2.05, 4.69) is 0 Å².